The second-order valence-electron chi connectivity index (χ2n) is 3.86. The van der Waals surface area contributed by atoms with Gasteiger partial charge in [0.05, 0.1) is 23.4 Å². The number of hydrogen-bond donors (Lipinski definition) is 0. The van der Waals surface area contributed by atoms with Crippen LogP contribution < -0.4 is 4.90 Å². The van der Waals surface area contributed by atoms with E-state index in [2.05, 4.69) is 9.88 Å². The van der Waals surface area contributed by atoms with Crippen LogP contribution in [0.1, 0.15) is 5.56 Å². The smallest absolute Gasteiger partial charge is 0.153 e. The minimum atomic E-state index is -2.80. The number of anilines is 1. The first-order chi connectivity index (χ1) is 7.07. The Bertz CT molecular complexity index is 442. The number of hydrogen-bond acceptors (Lipinski definition) is 4. The van der Waals surface area contributed by atoms with Gasteiger partial charge in [-0.05, 0) is 18.6 Å². The zero-order valence-corrected chi connectivity index (χ0v) is 9.50. The largest absolute Gasteiger partial charge is 0.368 e. The van der Waals surface area contributed by atoms with Gasteiger partial charge in [0.25, 0.3) is 0 Å². The van der Waals surface area contributed by atoms with Gasteiger partial charge in [0, 0.05) is 19.3 Å². The van der Waals surface area contributed by atoms with Crippen molar-refractivity contribution in [3.63, 3.8) is 0 Å². The highest BCUT2D eigenvalue weighted by atomic mass is 32.2. The molecule has 4 nitrogen and oxygen atoms in total. The van der Waals surface area contributed by atoms with Crippen LogP contribution in [0, 0.1) is 6.92 Å². The molecule has 0 aliphatic carbocycles. The third-order valence-corrected chi connectivity index (χ3v) is 4.18. The maximum absolute atomic E-state index is 11.3. The first-order valence-corrected chi connectivity index (χ1v) is 6.76. The molecule has 0 saturated carbocycles. The van der Waals surface area contributed by atoms with Gasteiger partial charge < -0.3 is 4.90 Å². The Balaban J connectivity index is 2.14. The van der Waals surface area contributed by atoms with Crippen molar-refractivity contribution in [2.45, 2.75) is 6.92 Å². The molecule has 0 spiro atoms. The Labute approximate surface area is 89.9 Å². The monoisotopic (exact) mass is 226 g/mol. The lowest BCUT2D eigenvalue weighted by atomic mass is 10.3. The molecular weight excluding hydrogens is 212 g/mol. The molecule has 2 heterocycles. The number of pyridine rings is 1. The van der Waals surface area contributed by atoms with Crippen LogP contribution >= 0.6 is 0 Å². The molecule has 1 aliphatic rings. The number of nitrogens with zero attached hydrogens (tertiary/aromatic N) is 2. The summed E-state index contributed by atoms with van der Waals surface area (Å²) in [6, 6.07) is 2.03. The Hall–Kier alpha value is -1.10. The SMILES string of the molecule is Cc1cncc(N2CCS(=O)(=O)CC2)c1. The minimum Gasteiger partial charge on any atom is -0.368 e. The zero-order valence-electron chi connectivity index (χ0n) is 8.68. The van der Waals surface area contributed by atoms with E-state index in [-0.39, 0.29) is 11.5 Å². The quantitative estimate of drug-likeness (QED) is 0.704. The van der Waals surface area contributed by atoms with Crippen molar-refractivity contribution in [1.29, 1.82) is 0 Å². The minimum absolute atomic E-state index is 0.251. The fraction of sp³-hybridized carbons (Fsp3) is 0.500. The molecule has 5 heteroatoms. The van der Waals surface area contributed by atoms with Crippen LogP contribution in [0.2, 0.25) is 0 Å². The molecule has 82 valence electrons. The van der Waals surface area contributed by atoms with Gasteiger partial charge in [0.2, 0.25) is 0 Å². The Morgan fingerprint density at radius 1 is 1.27 bits per heavy atom. The topological polar surface area (TPSA) is 50.3 Å². The van der Waals surface area contributed by atoms with Crippen molar-refractivity contribution in [1.82, 2.24) is 4.98 Å². The summed E-state index contributed by atoms with van der Waals surface area (Å²) in [6.07, 6.45) is 3.58. The highest BCUT2D eigenvalue weighted by Gasteiger charge is 2.21. The van der Waals surface area contributed by atoms with Crippen molar-refractivity contribution in [2.24, 2.45) is 0 Å². The van der Waals surface area contributed by atoms with E-state index in [9.17, 15) is 8.42 Å². The summed E-state index contributed by atoms with van der Waals surface area (Å²) in [5.74, 6) is 0.502. The van der Waals surface area contributed by atoms with Crippen LogP contribution in [0.25, 0.3) is 0 Å². The number of sulfone groups is 1. The van der Waals surface area contributed by atoms with E-state index >= 15 is 0 Å². The Morgan fingerprint density at radius 3 is 2.53 bits per heavy atom. The Morgan fingerprint density at radius 2 is 1.93 bits per heavy atom. The molecule has 0 amide bonds. The van der Waals surface area contributed by atoms with E-state index in [1.165, 1.54) is 0 Å². The zero-order chi connectivity index (χ0) is 10.9. The maximum atomic E-state index is 11.3. The average Bonchev–Trinajstić information content (AvgIpc) is 2.17. The van der Waals surface area contributed by atoms with Gasteiger partial charge in [-0.1, -0.05) is 0 Å². The van der Waals surface area contributed by atoms with Crippen molar-refractivity contribution >= 4 is 15.5 Å². The van der Waals surface area contributed by atoms with Crippen LogP contribution in [0.15, 0.2) is 18.5 Å². The molecule has 0 unspecified atom stereocenters. The number of rotatable bonds is 1. The summed E-state index contributed by atoms with van der Waals surface area (Å²) < 4.78 is 22.5. The van der Waals surface area contributed by atoms with Gasteiger partial charge in [0.1, 0.15) is 0 Å². The third-order valence-electron chi connectivity index (χ3n) is 2.57. The fourth-order valence-electron chi connectivity index (χ4n) is 1.68. The van der Waals surface area contributed by atoms with Gasteiger partial charge in [-0.15, -0.1) is 0 Å². The summed E-state index contributed by atoms with van der Waals surface area (Å²) >= 11 is 0. The van der Waals surface area contributed by atoms with E-state index in [1.807, 2.05) is 13.0 Å². The van der Waals surface area contributed by atoms with Gasteiger partial charge in [0.15, 0.2) is 9.84 Å². The molecule has 0 aromatic carbocycles. The summed E-state index contributed by atoms with van der Waals surface area (Å²) in [6.45, 7) is 3.14. The van der Waals surface area contributed by atoms with Gasteiger partial charge in [-0.2, -0.15) is 0 Å². The fourth-order valence-corrected chi connectivity index (χ4v) is 2.88. The summed E-state index contributed by atoms with van der Waals surface area (Å²) in [4.78, 5) is 6.18. The van der Waals surface area contributed by atoms with Crippen molar-refractivity contribution in [2.75, 3.05) is 29.5 Å². The molecule has 0 bridgehead atoms. The van der Waals surface area contributed by atoms with Gasteiger partial charge in [-0.25, -0.2) is 8.42 Å². The van der Waals surface area contributed by atoms with Gasteiger partial charge >= 0.3 is 0 Å². The van der Waals surface area contributed by atoms with Crippen LogP contribution in [0.3, 0.4) is 0 Å². The molecule has 1 saturated heterocycles. The maximum Gasteiger partial charge on any atom is 0.153 e. The molecule has 1 aromatic heterocycles. The molecule has 0 radical (unpaired) electrons. The molecule has 0 atom stereocenters. The summed E-state index contributed by atoms with van der Waals surface area (Å²) in [5.41, 5.74) is 2.12. The Kier molecular flexibility index (Phi) is 2.65. The molecule has 0 N–H and O–H groups in total. The molecule has 1 aromatic rings. The second-order valence-corrected chi connectivity index (χ2v) is 6.16. The lowest BCUT2D eigenvalue weighted by Crippen LogP contribution is -2.40. The molecule has 1 fully saturated rings. The van der Waals surface area contributed by atoms with E-state index in [0.29, 0.717) is 13.1 Å². The van der Waals surface area contributed by atoms with Crippen molar-refractivity contribution in [3.05, 3.63) is 24.0 Å². The predicted molar refractivity (Wildman–Crippen MR) is 59.8 cm³/mol. The first-order valence-electron chi connectivity index (χ1n) is 4.94. The van der Waals surface area contributed by atoms with Crippen LogP contribution in [-0.2, 0) is 9.84 Å². The van der Waals surface area contributed by atoms with E-state index < -0.39 is 9.84 Å². The van der Waals surface area contributed by atoms with E-state index in [0.717, 1.165) is 11.3 Å². The van der Waals surface area contributed by atoms with E-state index in [1.54, 1.807) is 12.4 Å². The average molecular weight is 226 g/mol. The van der Waals surface area contributed by atoms with Crippen molar-refractivity contribution < 1.29 is 8.42 Å². The van der Waals surface area contributed by atoms with E-state index in [4.69, 9.17) is 0 Å². The highest BCUT2D eigenvalue weighted by molar-refractivity contribution is 7.91. The summed E-state index contributed by atoms with van der Waals surface area (Å²) in [5, 5.41) is 0. The molecule has 15 heavy (non-hydrogen) atoms. The van der Waals surface area contributed by atoms with Crippen molar-refractivity contribution in [3.8, 4) is 0 Å². The standard InChI is InChI=1S/C10H14N2O2S/c1-9-6-10(8-11-7-9)12-2-4-15(13,14)5-3-12/h6-8H,2-5H2,1H3. The predicted octanol–water partition coefficient (Wildman–Crippen LogP) is 0.625. The highest BCUT2D eigenvalue weighted by Crippen LogP contribution is 2.16. The third kappa shape index (κ3) is 2.47. The second kappa shape index (κ2) is 3.81. The van der Waals surface area contributed by atoms with Crippen LogP contribution in [-0.4, -0.2) is 38.0 Å². The summed E-state index contributed by atoms with van der Waals surface area (Å²) in [7, 11) is -2.80. The lowest BCUT2D eigenvalue weighted by Gasteiger charge is -2.28. The number of aryl methyl sites for hydroxylation is 1. The normalized spacial score (nSPS) is 20.2. The van der Waals surface area contributed by atoms with Crippen LogP contribution in [0.5, 0.6) is 0 Å². The number of aromatic nitrogens is 1. The molecular formula is C10H14N2O2S. The van der Waals surface area contributed by atoms with Gasteiger partial charge in [-0.3, -0.25) is 4.98 Å². The molecule has 1 aliphatic heterocycles. The van der Waals surface area contributed by atoms with Crippen LogP contribution in [0.4, 0.5) is 5.69 Å². The molecule has 2 rings (SSSR count). The first kappa shape index (κ1) is 10.4. The lowest BCUT2D eigenvalue weighted by molar-refractivity contribution is 0.586.